The van der Waals surface area contributed by atoms with E-state index in [1.54, 1.807) is 17.0 Å². The Hall–Kier alpha value is -3.16. The summed E-state index contributed by atoms with van der Waals surface area (Å²) in [6.45, 7) is 0.320. The Morgan fingerprint density at radius 2 is 1.75 bits per heavy atom. The van der Waals surface area contributed by atoms with Crippen LogP contribution in [-0.4, -0.2) is 27.1 Å². The van der Waals surface area contributed by atoms with Crippen molar-refractivity contribution in [2.75, 3.05) is 5.32 Å². The van der Waals surface area contributed by atoms with Crippen molar-refractivity contribution in [3.8, 4) is 0 Å². The summed E-state index contributed by atoms with van der Waals surface area (Å²) in [6, 6.07) is 22.0. The van der Waals surface area contributed by atoms with Crippen LogP contribution in [0.5, 0.6) is 0 Å². The van der Waals surface area contributed by atoms with E-state index < -0.39 is 5.25 Å². The second kappa shape index (κ2) is 9.97. The lowest BCUT2D eigenvalue weighted by Gasteiger charge is -2.32. The van der Waals surface area contributed by atoms with Gasteiger partial charge in [-0.2, -0.15) is 0 Å². The fourth-order valence-electron chi connectivity index (χ4n) is 3.14. The average molecular weight is 468 g/mol. The molecule has 1 aliphatic heterocycles. The van der Waals surface area contributed by atoms with Gasteiger partial charge in [0.2, 0.25) is 11.8 Å². The van der Waals surface area contributed by atoms with Crippen LogP contribution in [0.1, 0.15) is 12.0 Å². The summed E-state index contributed by atoms with van der Waals surface area (Å²) in [4.78, 5) is 32.1. The minimum atomic E-state index is -0.656. The smallest absolute Gasteiger partial charge is 0.238 e. The molecular weight excluding hydrogens is 449 g/mol. The number of nitrogens with zero attached hydrogens (tertiary/aromatic N) is 2. The SMILES string of the molecule is O=C(Nc1ccc(F)cc1)C1CC(=O)N(Cc2ccc(Cl)cc2)C(=Nc2ccccc2)S1. The molecule has 8 heteroatoms. The quantitative estimate of drug-likeness (QED) is 0.528. The molecule has 0 spiro atoms. The van der Waals surface area contributed by atoms with Gasteiger partial charge >= 0.3 is 0 Å². The van der Waals surface area contributed by atoms with Gasteiger partial charge in [0.05, 0.1) is 12.2 Å². The molecule has 1 heterocycles. The number of benzene rings is 3. The summed E-state index contributed by atoms with van der Waals surface area (Å²) in [7, 11) is 0. The van der Waals surface area contributed by atoms with Gasteiger partial charge in [-0.05, 0) is 54.1 Å². The van der Waals surface area contributed by atoms with Gasteiger partial charge in [0.25, 0.3) is 0 Å². The maximum absolute atomic E-state index is 13.1. The van der Waals surface area contributed by atoms with Crippen LogP contribution < -0.4 is 5.32 Å². The van der Waals surface area contributed by atoms with E-state index in [-0.39, 0.29) is 24.1 Å². The summed E-state index contributed by atoms with van der Waals surface area (Å²) in [5, 5.41) is 3.15. The average Bonchev–Trinajstić information content (AvgIpc) is 2.79. The molecule has 3 aromatic rings. The molecule has 0 aliphatic carbocycles. The molecule has 1 N–H and O–H groups in total. The topological polar surface area (TPSA) is 61.8 Å². The van der Waals surface area contributed by atoms with Crippen LogP contribution in [0.4, 0.5) is 15.8 Å². The van der Waals surface area contributed by atoms with Crippen LogP contribution in [0.2, 0.25) is 5.02 Å². The van der Waals surface area contributed by atoms with E-state index in [9.17, 15) is 14.0 Å². The maximum Gasteiger partial charge on any atom is 0.238 e. The molecule has 1 saturated heterocycles. The van der Waals surface area contributed by atoms with Crippen LogP contribution in [0, 0.1) is 5.82 Å². The van der Waals surface area contributed by atoms with Crippen LogP contribution in [-0.2, 0) is 16.1 Å². The Balaban J connectivity index is 1.57. The lowest BCUT2D eigenvalue weighted by Crippen LogP contribution is -2.44. The molecule has 5 nitrogen and oxygen atoms in total. The van der Waals surface area contributed by atoms with Gasteiger partial charge in [-0.25, -0.2) is 9.38 Å². The highest BCUT2D eigenvalue weighted by Gasteiger charge is 2.36. The molecule has 0 saturated carbocycles. The number of hydrogen-bond acceptors (Lipinski definition) is 4. The first-order valence-electron chi connectivity index (χ1n) is 9.89. The van der Waals surface area contributed by atoms with Crippen LogP contribution in [0.3, 0.4) is 0 Å². The van der Waals surface area contributed by atoms with Gasteiger partial charge in [0.1, 0.15) is 11.1 Å². The Kier molecular flexibility index (Phi) is 6.87. The molecule has 1 fully saturated rings. The molecule has 2 amide bonds. The van der Waals surface area contributed by atoms with Crippen LogP contribution >= 0.6 is 23.4 Å². The van der Waals surface area contributed by atoms with Gasteiger partial charge in [-0.3, -0.25) is 14.5 Å². The molecule has 162 valence electrons. The molecule has 0 aromatic heterocycles. The number of rotatable bonds is 5. The highest BCUT2D eigenvalue weighted by atomic mass is 35.5. The lowest BCUT2D eigenvalue weighted by molar-refractivity contribution is -0.129. The third-order valence-corrected chi connectivity index (χ3v) is 6.22. The summed E-state index contributed by atoms with van der Waals surface area (Å²) in [5.74, 6) is -0.921. The molecular formula is C24H19ClFN3O2S. The normalized spacial score (nSPS) is 17.4. The van der Waals surface area contributed by atoms with Crippen LogP contribution in [0.15, 0.2) is 83.9 Å². The Morgan fingerprint density at radius 1 is 1.06 bits per heavy atom. The molecule has 1 aliphatic rings. The second-order valence-electron chi connectivity index (χ2n) is 7.14. The Bertz CT molecular complexity index is 1140. The molecule has 0 radical (unpaired) electrons. The monoisotopic (exact) mass is 467 g/mol. The number of para-hydroxylation sites is 1. The summed E-state index contributed by atoms with van der Waals surface area (Å²) in [6.07, 6.45) is 0.0269. The van der Waals surface area contributed by atoms with Crippen molar-refractivity contribution < 1.29 is 14.0 Å². The molecule has 1 atom stereocenters. The molecule has 1 unspecified atom stereocenters. The van der Waals surface area contributed by atoms with Crippen molar-refractivity contribution in [2.24, 2.45) is 4.99 Å². The first kappa shape index (κ1) is 22.0. The fraction of sp³-hybridized carbons (Fsp3) is 0.125. The molecule has 3 aromatic carbocycles. The van der Waals surface area contributed by atoms with Crippen molar-refractivity contribution in [1.29, 1.82) is 0 Å². The summed E-state index contributed by atoms with van der Waals surface area (Å²) >= 11 is 7.21. The minimum Gasteiger partial charge on any atom is -0.325 e. The zero-order valence-corrected chi connectivity index (χ0v) is 18.4. The predicted octanol–water partition coefficient (Wildman–Crippen LogP) is 5.64. The number of nitrogens with one attached hydrogen (secondary N) is 1. The van der Waals surface area contributed by atoms with E-state index in [4.69, 9.17) is 11.6 Å². The Morgan fingerprint density at radius 3 is 2.44 bits per heavy atom. The van der Waals surface area contributed by atoms with E-state index in [1.165, 1.54) is 36.0 Å². The number of carbonyl (C=O) groups is 2. The molecule has 32 heavy (non-hydrogen) atoms. The van der Waals surface area contributed by atoms with E-state index >= 15 is 0 Å². The molecule has 4 rings (SSSR count). The van der Waals surface area contributed by atoms with Gasteiger partial charge in [0.15, 0.2) is 5.17 Å². The first-order valence-corrected chi connectivity index (χ1v) is 11.2. The van der Waals surface area contributed by atoms with Crippen molar-refractivity contribution in [2.45, 2.75) is 18.2 Å². The van der Waals surface area contributed by atoms with Gasteiger partial charge in [-0.15, -0.1) is 0 Å². The highest BCUT2D eigenvalue weighted by Crippen LogP contribution is 2.31. The standard InChI is InChI=1S/C24H19ClFN3O2S/c25-17-8-6-16(7-9-17)15-29-22(30)14-21(23(31)27-20-12-10-18(26)11-13-20)32-24(29)28-19-4-2-1-3-5-19/h1-13,21H,14-15H2,(H,27,31). The first-order chi connectivity index (χ1) is 15.5. The fourth-order valence-corrected chi connectivity index (χ4v) is 4.36. The highest BCUT2D eigenvalue weighted by molar-refractivity contribution is 8.15. The number of hydrogen-bond donors (Lipinski definition) is 1. The maximum atomic E-state index is 13.1. The van der Waals surface area contributed by atoms with Gasteiger partial charge < -0.3 is 5.32 Å². The largest absolute Gasteiger partial charge is 0.325 e. The van der Waals surface area contributed by atoms with E-state index in [0.717, 1.165) is 5.56 Å². The van der Waals surface area contributed by atoms with Crippen molar-refractivity contribution >= 4 is 51.7 Å². The minimum absolute atomic E-state index is 0.0269. The Labute approximate surface area is 194 Å². The number of amidine groups is 1. The van der Waals surface area contributed by atoms with E-state index in [1.807, 2.05) is 42.5 Å². The van der Waals surface area contributed by atoms with E-state index in [0.29, 0.717) is 28.1 Å². The van der Waals surface area contributed by atoms with Crippen LogP contribution in [0.25, 0.3) is 0 Å². The number of carbonyl (C=O) groups excluding carboxylic acids is 2. The number of aliphatic imine (C=N–C) groups is 1. The zero-order chi connectivity index (χ0) is 22.5. The second-order valence-corrected chi connectivity index (χ2v) is 8.75. The number of thioether (sulfide) groups is 1. The van der Waals surface area contributed by atoms with E-state index in [2.05, 4.69) is 10.3 Å². The van der Waals surface area contributed by atoms with Gasteiger partial charge in [-0.1, -0.05) is 53.7 Å². The summed E-state index contributed by atoms with van der Waals surface area (Å²) < 4.78 is 13.1. The van der Waals surface area contributed by atoms with Crippen molar-refractivity contribution in [3.05, 3.63) is 95.3 Å². The van der Waals surface area contributed by atoms with Crippen molar-refractivity contribution in [1.82, 2.24) is 4.90 Å². The number of halogens is 2. The summed E-state index contributed by atoms with van der Waals surface area (Å²) in [5.41, 5.74) is 2.05. The predicted molar refractivity (Wildman–Crippen MR) is 127 cm³/mol. The number of amides is 2. The molecule has 0 bridgehead atoms. The third kappa shape index (κ3) is 5.55. The number of anilines is 1. The van der Waals surface area contributed by atoms with Gasteiger partial charge in [0, 0.05) is 17.1 Å². The zero-order valence-electron chi connectivity index (χ0n) is 16.9. The van der Waals surface area contributed by atoms with Crippen molar-refractivity contribution in [3.63, 3.8) is 0 Å². The lowest BCUT2D eigenvalue weighted by atomic mass is 10.2. The third-order valence-electron chi connectivity index (χ3n) is 4.78.